The molecular weight excluding hydrogens is 333 g/mol. The number of benzene rings is 2. The molecule has 1 amide bonds. The minimum absolute atomic E-state index is 0.232. The maximum Gasteiger partial charge on any atom is 0.287 e. The van der Waals surface area contributed by atoms with Gasteiger partial charge in [-0.05, 0) is 30.3 Å². The summed E-state index contributed by atoms with van der Waals surface area (Å²) in [6.45, 7) is 0. The zero-order valence-corrected chi connectivity index (χ0v) is 12.9. The van der Waals surface area contributed by atoms with Crippen molar-refractivity contribution in [3.8, 4) is 0 Å². The van der Waals surface area contributed by atoms with Crippen LogP contribution in [-0.2, 0) is 4.79 Å². The van der Waals surface area contributed by atoms with Gasteiger partial charge in [-0.25, -0.2) is 0 Å². The molecule has 0 aliphatic carbocycles. The SMILES string of the molecule is O=C(Nc1ccccc1)C(Cl)=NNc1ccc(Cl)c(Cl)c1. The first kappa shape index (κ1) is 15.6. The molecule has 2 N–H and O–H groups in total. The van der Waals surface area contributed by atoms with Gasteiger partial charge in [0.05, 0.1) is 15.7 Å². The van der Waals surface area contributed by atoms with Gasteiger partial charge in [0.25, 0.3) is 5.91 Å². The fourth-order valence-corrected chi connectivity index (χ4v) is 1.82. The van der Waals surface area contributed by atoms with E-state index in [1.54, 1.807) is 42.5 Å². The summed E-state index contributed by atoms with van der Waals surface area (Å²) in [5.41, 5.74) is 3.83. The first-order valence-electron chi connectivity index (χ1n) is 5.87. The van der Waals surface area contributed by atoms with Gasteiger partial charge in [0.2, 0.25) is 5.17 Å². The van der Waals surface area contributed by atoms with Gasteiger partial charge in [-0.3, -0.25) is 10.2 Å². The molecule has 2 aromatic carbocycles. The lowest BCUT2D eigenvalue weighted by molar-refractivity contribution is -0.110. The summed E-state index contributed by atoms with van der Waals surface area (Å²) in [7, 11) is 0. The minimum Gasteiger partial charge on any atom is -0.320 e. The molecule has 7 heteroatoms. The molecule has 0 aromatic heterocycles. The van der Waals surface area contributed by atoms with Crippen molar-refractivity contribution in [3.05, 3.63) is 58.6 Å². The zero-order chi connectivity index (χ0) is 15.2. The van der Waals surface area contributed by atoms with Crippen molar-refractivity contribution in [3.63, 3.8) is 0 Å². The summed E-state index contributed by atoms with van der Waals surface area (Å²) in [6.07, 6.45) is 0. The van der Waals surface area contributed by atoms with Crippen LogP contribution in [0.1, 0.15) is 0 Å². The Morgan fingerprint density at radius 1 is 0.952 bits per heavy atom. The summed E-state index contributed by atoms with van der Waals surface area (Å²) in [5, 5.41) is 6.96. The molecule has 0 spiro atoms. The Bertz CT molecular complexity index is 674. The fraction of sp³-hybridized carbons (Fsp3) is 0. The van der Waals surface area contributed by atoms with Crippen LogP contribution in [-0.4, -0.2) is 11.1 Å². The lowest BCUT2D eigenvalue weighted by Gasteiger charge is -2.05. The van der Waals surface area contributed by atoms with Crippen LogP contribution in [0.4, 0.5) is 11.4 Å². The number of anilines is 2. The minimum atomic E-state index is -0.518. The van der Waals surface area contributed by atoms with Crippen molar-refractivity contribution in [2.75, 3.05) is 10.7 Å². The molecule has 0 saturated carbocycles. The zero-order valence-electron chi connectivity index (χ0n) is 10.6. The predicted octanol–water partition coefficient (Wildman–Crippen LogP) is 4.60. The van der Waals surface area contributed by atoms with E-state index >= 15 is 0 Å². The van der Waals surface area contributed by atoms with Gasteiger partial charge in [-0.1, -0.05) is 53.0 Å². The summed E-state index contributed by atoms with van der Waals surface area (Å²) in [5.74, 6) is -0.518. The number of halogens is 3. The second-order valence-corrected chi connectivity index (χ2v) is 5.14. The van der Waals surface area contributed by atoms with Crippen LogP contribution in [0, 0.1) is 0 Å². The molecular formula is C14H10Cl3N3O. The number of rotatable bonds is 4. The van der Waals surface area contributed by atoms with E-state index < -0.39 is 5.91 Å². The summed E-state index contributed by atoms with van der Waals surface area (Å²) < 4.78 is 0. The molecule has 0 unspecified atom stereocenters. The van der Waals surface area contributed by atoms with E-state index in [9.17, 15) is 4.79 Å². The summed E-state index contributed by atoms with van der Waals surface area (Å²) in [4.78, 5) is 11.8. The molecule has 4 nitrogen and oxygen atoms in total. The highest BCUT2D eigenvalue weighted by atomic mass is 35.5. The van der Waals surface area contributed by atoms with Crippen LogP contribution in [0.3, 0.4) is 0 Å². The van der Waals surface area contributed by atoms with Crippen LogP contribution >= 0.6 is 34.8 Å². The van der Waals surface area contributed by atoms with Gasteiger partial charge in [0.15, 0.2) is 0 Å². The molecule has 2 aromatic rings. The molecule has 0 aliphatic rings. The van der Waals surface area contributed by atoms with Gasteiger partial charge in [-0.2, -0.15) is 5.10 Å². The Hall–Kier alpha value is -1.75. The number of hydrazone groups is 1. The number of hydrogen-bond acceptors (Lipinski definition) is 3. The van der Waals surface area contributed by atoms with E-state index in [1.165, 1.54) is 0 Å². The highest BCUT2D eigenvalue weighted by Gasteiger charge is 2.08. The van der Waals surface area contributed by atoms with Crippen LogP contribution < -0.4 is 10.7 Å². The molecule has 0 aliphatic heterocycles. The quantitative estimate of drug-likeness (QED) is 0.630. The van der Waals surface area contributed by atoms with E-state index in [2.05, 4.69) is 15.8 Å². The summed E-state index contributed by atoms with van der Waals surface area (Å²) in [6, 6.07) is 13.8. The Labute approximate surface area is 136 Å². The highest BCUT2D eigenvalue weighted by molar-refractivity contribution is 6.84. The number of carbonyl (C=O) groups is 1. The van der Waals surface area contributed by atoms with E-state index in [0.717, 1.165) is 0 Å². The second-order valence-electron chi connectivity index (χ2n) is 3.96. The average molecular weight is 343 g/mol. The van der Waals surface area contributed by atoms with E-state index in [-0.39, 0.29) is 5.17 Å². The van der Waals surface area contributed by atoms with Crippen molar-refractivity contribution >= 4 is 57.3 Å². The molecule has 108 valence electrons. The molecule has 0 atom stereocenters. The predicted molar refractivity (Wildman–Crippen MR) is 88.4 cm³/mol. The monoisotopic (exact) mass is 341 g/mol. The van der Waals surface area contributed by atoms with Gasteiger partial charge in [-0.15, -0.1) is 0 Å². The standard InChI is InChI=1S/C14H10Cl3N3O/c15-11-7-6-10(8-12(11)16)19-20-13(17)14(21)18-9-4-2-1-3-5-9/h1-8,19H,(H,18,21). The molecule has 0 bridgehead atoms. The van der Waals surface area contributed by atoms with Crippen molar-refractivity contribution in [2.45, 2.75) is 0 Å². The Balaban J connectivity index is 2.00. The van der Waals surface area contributed by atoms with Crippen molar-refractivity contribution in [1.29, 1.82) is 0 Å². The number of nitrogens with one attached hydrogen (secondary N) is 2. The van der Waals surface area contributed by atoms with E-state index in [4.69, 9.17) is 34.8 Å². The smallest absolute Gasteiger partial charge is 0.287 e. The van der Waals surface area contributed by atoms with E-state index in [1.807, 2.05) is 6.07 Å². The second kappa shape index (κ2) is 7.31. The van der Waals surface area contributed by atoms with Gasteiger partial charge in [0, 0.05) is 5.69 Å². The van der Waals surface area contributed by atoms with Crippen LogP contribution in [0.2, 0.25) is 10.0 Å². The van der Waals surface area contributed by atoms with Gasteiger partial charge in [0.1, 0.15) is 0 Å². The van der Waals surface area contributed by atoms with Gasteiger partial charge >= 0.3 is 0 Å². The van der Waals surface area contributed by atoms with Crippen molar-refractivity contribution in [2.24, 2.45) is 5.10 Å². The lowest BCUT2D eigenvalue weighted by atomic mass is 10.3. The summed E-state index contributed by atoms with van der Waals surface area (Å²) >= 11 is 17.5. The fourth-order valence-electron chi connectivity index (χ4n) is 1.43. The molecule has 0 radical (unpaired) electrons. The number of para-hydroxylation sites is 1. The first-order valence-corrected chi connectivity index (χ1v) is 7.00. The van der Waals surface area contributed by atoms with Crippen LogP contribution in [0.25, 0.3) is 0 Å². The van der Waals surface area contributed by atoms with E-state index in [0.29, 0.717) is 21.4 Å². The number of hydrogen-bond donors (Lipinski definition) is 2. The third-order valence-corrected chi connectivity index (χ3v) is 3.42. The molecule has 0 heterocycles. The highest BCUT2D eigenvalue weighted by Crippen LogP contribution is 2.25. The van der Waals surface area contributed by atoms with Crippen molar-refractivity contribution in [1.82, 2.24) is 0 Å². The first-order chi connectivity index (χ1) is 10.1. The van der Waals surface area contributed by atoms with Crippen LogP contribution in [0.5, 0.6) is 0 Å². The maximum absolute atomic E-state index is 11.8. The molecule has 21 heavy (non-hydrogen) atoms. The third kappa shape index (κ3) is 4.63. The maximum atomic E-state index is 11.8. The average Bonchev–Trinajstić information content (AvgIpc) is 2.49. The Morgan fingerprint density at radius 3 is 2.33 bits per heavy atom. The number of nitrogens with zero attached hydrogens (tertiary/aromatic N) is 1. The molecule has 0 fully saturated rings. The molecule has 0 saturated heterocycles. The number of carbonyl (C=O) groups excluding carboxylic acids is 1. The largest absolute Gasteiger partial charge is 0.320 e. The third-order valence-electron chi connectivity index (χ3n) is 2.42. The molecule has 2 rings (SSSR count). The Morgan fingerprint density at radius 2 is 1.67 bits per heavy atom. The lowest BCUT2D eigenvalue weighted by Crippen LogP contribution is -2.19. The normalized spacial score (nSPS) is 11.1. The number of amides is 1. The Kier molecular flexibility index (Phi) is 5.44. The van der Waals surface area contributed by atoms with Crippen LogP contribution in [0.15, 0.2) is 53.6 Å². The van der Waals surface area contributed by atoms with Crippen molar-refractivity contribution < 1.29 is 4.79 Å². The topological polar surface area (TPSA) is 53.5 Å². The van der Waals surface area contributed by atoms with Gasteiger partial charge < -0.3 is 5.32 Å².